The van der Waals surface area contributed by atoms with Crippen molar-refractivity contribution < 1.29 is 14.3 Å². The summed E-state index contributed by atoms with van der Waals surface area (Å²) in [4.78, 5) is 15.8. The highest BCUT2D eigenvalue weighted by atomic mass is 35.5. The summed E-state index contributed by atoms with van der Waals surface area (Å²) in [6.45, 7) is 0. The number of ether oxygens (including phenoxy) is 2. The molecule has 0 unspecified atom stereocenters. The summed E-state index contributed by atoms with van der Waals surface area (Å²) in [6.07, 6.45) is 3.53. The Labute approximate surface area is 129 Å². The molecule has 0 atom stereocenters. The van der Waals surface area contributed by atoms with Crippen molar-refractivity contribution in [3.8, 4) is 11.5 Å². The smallest absolute Gasteiger partial charge is 0.228 e. The lowest BCUT2D eigenvalue weighted by Crippen LogP contribution is -2.14. The maximum absolute atomic E-state index is 11.9. The van der Waals surface area contributed by atoms with Crippen LogP contribution in [-0.4, -0.2) is 25.1 Å². The molecule has 112 valence electrons. The largest absolute Gasteiger partial charge is 0.493 e. The van der Waals surface area contributed by atoms with E-state index in [9.17, 15) is 4.79 Å². The summed E-state index contributed by atoms with van der Waals surface area (Å²) in [7, 11) is 3.15. The Morgan fingerprint density at radius 1 is 1.10 bits per heavy atom. The number of halogens is 1. The zero-order chi connectivity index (χ0) is 14.4. The second kappa shape index (κ2) is 8.11. The van der Waals surface area contributed by atoms with Crippen molar-refractivity contribution in [2.45, 2.75) is 6.42 Å². The van der Waals surface area contributed by atoms with Gasteiger partial charge in [-0.3, -0.25) is 9.78 Å². The second-order valence-electron chi connectivity index (χ2n) is 4.15. The minimum Gasteiger partial charge on any atom is -0.493 e. The van der Waals surface area contributed by atoms with E-state index >= 15 is 0 Å². The van der Waals surface area contributed by atoms with Crippen molar-refractivity contribution in [3.63, 3.8) is 0 Å². The van der Waals surface area contributed by atoms with Gasteiger partial charge in [0.05, 0.1) is 20.6 Å². The van der Waals surface area contributed by atoms with Crippen molar-refractivity contribution in [2.75, 3.05) is 19.5 Å². The quantitative estimate of drug-likeness (QED) is 0.922. The van der Waals surface area contributed by atoms with Crippen LogP contribution in [0.3, 0.4) is 0 Å². The van der Waals surface area contributed by atoms with Gasteiger partial charge in [-0.15, -0.1) is 12.4 Å². The molecule has 1 aromatic heterocycles. The van der Waals surface area contributed by atoms with Crippen molar-refractivity contribution in [3.05, 3.63) is 48.3 Å². The number of nitrogens with one attached hydrogen (secondary N) is 1. The summed E-state index contributed by atoms with van der Waals surface area (Å²) in [6, 6.07) is 8.91. The van der Waals surface area contributed by atoms with Crippen LogP contribution in [0.2, 0.25) is 0 Å². The number of pyridine rings is 1. The van der Waals surface area contributed by atoms with Gasteiger partial charge in [0.25, 0.3) is 0 Å². The standard InChI is InChI=1S/C15H16N2O3.ClH/c1-19-13-4-3-11(9-14(13)20-2)10-15(18)17-12-5-7-16-8-6-12;/h3-9H,10H2,1-2H3,(H,16,17,18);1H. The zero-order valence-corrected chi connectivity index (χ0v) is 12.6. The van der Waals surface area contributed by atoms with Gasteiger partial charge >= 0.3 is 0 Å². The van der Waals surface area contributed by atoms with E-state index in [-0.39, 0.29) is 24.7 Å². The molecule has 0 aliphatic rings. The Morgan fingerprint density at radius 2 is 1.76 bits per heavy atom. The highest BCUT2D eigenvalue weighted by molar-refractivity contribution is 5.92. The summed E-state index contributed by atoms with van der Waals surface area (Å²) in [5, 5.41) is 2.81. The molecular weight excluding hydrogens is 292 g/mol. The highest BCUT2D eigenvalue weighted by Crippen LogP contribution is 2.27. The number of amides is 1. The van der Waals surface area contributed by atoms with Gasteiger partial charge in [-0.25, -0.2) is 0 Å². The Balaban J connectivity index is 0.00000220. The Bertz CT molecular complexity index is 591. The minimum absolute atomic E-state index is 0. The van der Waals surface area contributed by atoms with E-state index < -0.39 is 0 Å². The molecular formula is C15H17ClN2O3. The number of carbonyl (C=O) groups excluding carboxylic acids is 1. The third kappa shape index (κ3) is 4.65. The molecule has 0 spiro atoms. The number of hydrogen-bond donors (Lipinski definition) is 1. The Kier molecular flexibility index (Phi) is 6.49. The number of carbonyl (C=O) groups is 1. The van der Waals surface area contributed by atoms with Crippen molar-refractivity contribution in [2.24, 2.45) is 0 Å². The monoisotopic (exact) mass is 308 g/mol. The fourth-order valence-electron chi connectivity index (χ4n) is 1.82. The van der Waals surface area contributed by atoms with E-state index in [0.717, 1.165) is 11.3 Å². The predicted octanol–water partition coefficient (Wildman–Crippen LogP) is 2.70. The van der Waals surface area contributed by atoms with Gasteiger partial charge in [-0.05, 0) is 29.8 Å². The molecule has 5 nitrogen and oxygen atoms in total. The second-order valence-corrected chi connectivity index (χ2v) is 4.15. The number of rotatable bonds is 5. The Morgan fingerprint density at radius 3 is 2.38 bits per heavy atom. The normalized spacial score (nSPS) is 9.43. The van der Waals surface area contributed by atoms with Gasteiger partial charge in [-0.2, -0.15) is 0 Å². The fraction of sp³-hybridized carbons (Fsp3) is 0.200. The summed E-state index contributed by atoms with van der Waals surface area (Å²) < 4.78 is 10.4. The van der Waals surface area contributed by atoms with Crippen molar-refractivity contribution >= 4 is 24.0 Å². The lowest BCUT2D eigenvalue weighted by molar-refractivity contribution is -0.115. The molecule has 0 saturated carbocycles. The Hall–Kier alpha value is -2.27. The molecule has 1 heterocycles. The molecule has 0 aliphatic carbocycles. The van der Waals surface area contributed by atoms with Crippen LogP contribution >= 0.6 is 12.4 Å². The first kappa shape index (κ1) is 16.8. The molecule has 21 heavy (non-hydrogen) atoms. The first-order valence-electron chi connectivity index (χ1n) is 6.13. The van der Waals surface area contributed by atoms with Crippen LogP contribution in [0, 0.1) is 0 Å². The van der Waals surface area contributed by atoms with E-state index in [1.807, 2.05) is 6.07 Å². The van der Waals surface area contributed by atoms with E-state index in [1.165, 1.54) is 0 Å². The minimum atomic E-state index is -0.0941. The molecule has 1 aromatic carbocycles. The molecule has 6 heteroatoms. The maximum atomic E-state index is 11.9. The molecule has 0 radical (unpaired) electrons. The first-order valence-corrected chi connectivity index (χ1v) is 6.13. The fourth-order valence-corrected chi connectivity index (χ4v) is 1.82. The molecule has 0 fully saturated rings. The molecule has 2 aromatic rings. The van der Waals surface area contributed by atoms with Crippen LogP contribution < -0.4 is 14.8 Å². The van der Waals surface area contributed by atoms with E-state index in [4.69, 9.17) is 9.47 Å². The number of anilines is 1. The average molecular weight is 309 g/mol. The molecule has 0 aliphatic heterocycles. The number of nitrogens with zero attached hydrogens (tertiary/aromatic N) is 1. The van der Waals surface area contributed by atoms with Crippen LogP contribution in [0.4, 0.5) is 5.69 Å². The number of methoxy groups -OCH3 is 2. The van der Waals surface area contributed by atoms with Crippen LogP contribution in [0.15, 0.2) is 42.7 Å². The number of benzene rings is 1. The van der Waals surface area contributed by atoms with Crippen LogP contribution in [0.1, 0.15) is 5.56 Å². The van der Waals surface area contributed by atoms with Gasteiger partial charge < -0.3 is 14.8 Å². The lowest BCUT2D eigenvalue weighted by Gasteiger charge is -2.09. The van der Waals surface area contributed by atoms with Gasteiger partial charge in [0, 0.05) is 18.1 Å². The summed E-state index contributed by atoms with van der Waals surface area (Å²) in [5.74, 6) is 1.16. The average Bonchev–Trinajstić information content (AvgIpc) is 2.48. The lowest BCUT2D eigenvalue weighted by atomic mass is 10.1. The highest BCUT2D eigenvalue weighted by Gasteiger charge is 2.08. The topological polar surface area (TPSA) is 60.5 Å². The van der Waals surface area contributed by atoms with Gasteiger partial charge in [-0.1, -0.05) is 6.07 Å². The molecule has 2 rings (SSSR count). The number of hydrogen-bond acceptors (Lipinski definition) is 4. The van der Waals surface area contributed by atoms with E-state index in [1.54, 1.807) is 50.9 Å². The third-order valence-electron chi connectivity index (χ3n) is 2.78. The van der Waals surface area contributed by atoms with Crippen LogP contribution in [0.5, 0.6) is 11.5 Å². The van der Waals surface area contributed by atoms with Gasteiger partial charge in [0.15, 0.2) is 11.5 Å². The van der Waals surface area contributed by atoms with E-state index in [0.29, 0.717) is 11.5 Å². The van der Waals surface area contributed by atoms with Gasteiger partial charge in [0.2, 0.25) is 5.91 Å². The van der Waals surface area contributed by atoms with Gasteiger partial charge in [0.1, 0.15) is 0 Å². The predicted molar refractivity (Wildman–Crippen MR) is 83.4 cm³/mol. The summed E-state index contributed by atoms with van der Waals surface area (Å²) in [5.41, 5.74) is 1.58. The first-order chi connectivity index (χ1) is 9.72. The molecule has 1 amide bonds. The molecule has 1 N–H and O–H groups in total. The number of aromatic nitrogens is 1. The van der Waals surface area contributed by atoms with Crippen LogP contribution in [0.25, 0.3) is 0 Å². The SMILES string of the molecule is COc1ccc(CC(=O)Nc2ccncc2)cc1OC.Cl. The molecule has 0 bridgehead atoms. The zero-order valence-electron chi connectivity index (χ0n) is 11.8. The molecule has 0 saturated heterocycles. The van der Waals surface area contributed by atoms with Crippen molar-refractivity contribution in [1.82, 2.24) is 4.98 Å². The third-order valence-corrected chi connectivity index (χ3v) is 2.78. The van der Waals surface area contributed by atoms with Crippen molar-refractivity contribution in [1.29, 1.82) is 0 Å². The summed E-state index contributed by atoms with van der Waals surface area (Å²) >= 11 is 0. The maximum Gasteiger partial charge on any atom is 0.228 e. The van der Waals surface area contributed by atoms with E-state index in [2.05, 4.69) is 10.3 Å². The van der Waals surface area contributed by atoms with Crippen LogP contribution in [-0.2, 0) is 11.2 Å².